The Morgan fingerprint density at radius 3 is 2.87 bits per heavy atom. The second-order valence-corrected chi connectivity index (χ2v) is 11.3. The first kappa shape index (κ1) is 30.3. The summed E-state index contributed by atoms with van der Waals surface area (Å²) < 4.78 is 31.1. The number of nitriles is 1. The van der Waals surface area contributed by atoms with Crippen molar-refractivity contribution in [1.29, 1.82) is 5.26 Å². The molecule has 0 radical (unpaired) electrons. The summed E-state index contributed by atoms with van der Waals surface area (Å²) in [5.74, 6) is 0.251. The summed E-state index contributed by atoms with van der Waals surface area (Å²) in [7, 11) is 0. The number of nitrogens with one attached hydrogen (secondary N) is 3. The van der Waals surface area contributed by atoms with Gasteiger partial charge in [0.2, 0.25) is 5.91 Å². The van der Waals surface area contributed by atoms with Gasteiger partial charge in [0, 0.05) is 41.9 Å². The van der Waals surface area contributed by atoms with E-state index in [9.17, 15) is 14.4 Å². The molecule has 0 bridgehead atoms. The van der Waals surface area contributed by atoms with E-state index in [2.05, 4.69) is 27.0 Å². The van der Waals surface area contributed by atoms with E-state index in [1.807, 2.05) is 6.08 Å². The second-order valence-electron chi connectivity index (χ2n) is 10.9. The van der Waals surface area contributed by atoms with E-state index in [1.54, 1.807) is 42.5 Å². The van der Waals surface area contributed by atoms with Gasteiger partial charge in [-0.2, -0.15) is 5.26 Å². The number of hydrogen-bond donors (Lipinski definition) is 3. The van der Waals surface area contributed by atoms with Crippen LogP contribution in [-0.4, -0.2) is 42.8 Å². The first-order chi connectivity index (χ1) is 21.9. The molecule has 4 aromatic rings. The number of ether oxygens (including phenoxy) is 3. The Morgan fingerprint density at radius 1 is 1.20 bits per heavy atom. The van der Waals surface area contributed by atoms with Crippen LogP contribution in [0.1, 0.15) is 30.4 Å². The molecular formula is C34H31ClFN5O4. The molecule has 2 aliphatic rings. The quantitative estimate of drug-likeness (QED) is 0.168. The highest BCUT2D eigenvalue weighted by Gasteiger charge is 2.22. The third-order valence-corrected chi connectivity index (χ3v) is 7.89. The van der Waals surface area contributed by atoms with Crippen LogP contribution in [0.2, 0.25) is 5.02 Å². The lowest BCUT2D eigenvalue weighted by atomic mass is 10.1. The predicted molar refractivity (Wildman–Crippen MR) is 171 cm³/mol. The van der Waals surface area contributed by atoms with Crippen LogP contribution in [0.5, 0.6) is 11.5 Å². The van der Waals surface area contributed by atoms with Gasteiger partial charge in [-0.1, -0.05) is 29.8 Å². The number of nitrogens with zero attached hydrogens (tertiary/aromatic N) is 2. The van der Waals surface area contributed by atoms with Crippen LogP contribution in [-0.2, 0) is 16.1 Å². The highest BCUT2D eigenvalue weighted by atomic mass is 35.5. The van der Waals surface area contributed by atoms with Crippen molar-refractivity contribution in [3.63, 3.8) is 0 Å². The maximum Gasteiger partial charge on any atom is 0.248 e. The minimum atomic E-state index is -0.341. The fourth-order valence-corrected chi connectivity index (χ4v) is 5.54. The topological polar surface area (TPSA) is 118 Å². The molecule has 1 amide bonds. The third kappa shape index (κ3) is 7.52. The van der Waals surface area contributed by atoms with Crippen LogP contribution in [0.4, 0.5) is 21.5 Å². The lowest BCUT2D eigenvalue weighted by Gasteiger charge is -2.19. The lowest BCUT2D eigenvalue weighted by molar-refractivity contribution is -0.111. The Kier molecular flexibility index (Phi) is 9.41. The molecule has 9 nitrogen and oxygen atoms in total. The standard InChI is InChI=1S/C34H31ClFN5O4/c35-28-14-25(6-8-31(28)44-19-21-3-1-4-23(36)13-21)40-34-22(17-37)18-39-29-16-32(45-26-10-12-43-20-26)30(15-27(29)34)41-33(42)9-7-24-5-2-11-38-24/h1,3-4,6-9,13-16,18,24,26,38H,2,5,10-12,19-20H2,(H,39,40)(H,41,42)/b9-7+/t24?,26-/m0/s1. The smallest absolute Gasteiger partial charge is 0.248 e. The van der Waals surface area contributed by atoms with E-state index >= 15 is 0 Å². The molecule has 3 N–H and O–H groups in total. The molecule has 1 aromatic heterocycles. The minimum absolute atomic E-state index is 0.149. The number of halogens is 2. The summed E-state index contributed by atoms with van der Waals surface area (Å²) in [5, 5.41) is 20.5. The van der Waals surface area contributed by atoms with Gasteiger partial charge in [-0.25, -0.2) is 4.39 Å². The van der Waals surface area contributed by atoms with Crippen molar-refractivity contribution in [2.45, 2.75) is 38.0 Å². The van der Waals surface area contributed by atoms with Gasteiger partial charge in [-0.15, -0.1) is 0 Å². The third-order valence-electron chi connectivity index (χ3n) is 7.59. The van der Waals surface area contributed by atoms with E-state index < -0.39 is 0 Å². The number of carbonyl (C=O) groups is 1. The molecule has 2 saturated heterocycles. The fourth-order valence-electron chi connectivity index (χ4n) is 5.30. The number of rotatable bonds is 10. The Hall–Kier alpha value is -4.69. The summed E-state index contributed by atoms with van der Waals surface area (Å²) in [6, 6.07) is 17.2. The van der Waals surface area contributed by atoms with Gasteiger partial charge < -0.3 is 30.2 Å². The minimum Gasteiger partial charge on any atom is -0.487 e. The number of anilines is 3. The summed E-state index contributed by atoms with van der Waals surface area (Å²) in [5.41, 5.74) is 3.07. The van der Waals surface area contributed by atoms with Gasteiger partial charge >= 0.3 is 0 Å². The van der Waals surface area contributed by atoms with Crippen molar-refractivity contribution in [2.75, 3.05) is 30.4 Å². The van der Waals surface area contributed by atoms with E-state index in [4.69, 9.17) is 25.8 Å². The zero-order valence-electron chi connectivity index (χ0n) is 24.3. The number of carbonyl (C=O) groups excluding carboxylic acids is 1. The average molecular weight is 628 g/mol. The van der Waals surface area contributed by atoms with Crippen molar-refractivity contribution < 1.29 is 23.4 Å². The van der Waals surface area contributed by atoms with Crippen molar-refractivity contribution in [1.82, 2.24) is 10.3 Å². The largest absolute Gasteiger partial charge is 0.487 e. The predicted octanol–water partition coefficient (Wildman–Crippen LogP) is 6.64. The number of pyridine rings is 1. The molecule has 2 atom stereocenters. The molecule has 2 aliphatic heterocycles. The first-order valence-corrected chi connectivity index (χ1v) is 15.1. The summed E-state index contributed by atoms with van der Waals surface area (Å²) >= 11 is 6.54. The maximum atomic E-state index is 13.5. The SMILES string of the molecule is N#Cc1cnc2cc(O[C@H]3CCOC3)c(NC(=O)/C=C/C3CCCN3)cc2c1Nc1ccc(OCc2cccc(F)c2)c(Cl)c1. The number of fused-ring (bicyclic) bond motifs is 1. The normalized spacial score (nSPS) is 17.8. The van der Waals surface area contributed by atoms with Crippen LogP contribution in [0, 0.1) is 17.1 Å². The van der Waals surface area contributed by atoms with Crippen LogP contribution in [0.3, 0.4) is 0 Å². The molecule has 0 saturated carbocycles. The van der Waals surface area contributed by atoms with Crippen molar-refractivity contribution in [3.05, 3.63) is 94.9 Å². The van der Waals surface area contributed by atoms with Crippen LogP contribution in [0.25, 0.3) is 10.9 Å². The molecule has 45 heavy (non-hydrogen) atoms. The van der Waals surface area contributed by atoms with Gasteiger partial charge in [0.1, 0.15) is 36.1 Å². The molecule has 6 rings (SSSR count). The van der Waals surface area contributed by atoms with Gasteiger partial charge in [0.15, 0.2) is 0 Å². The van der Waals surface area contributed by atoms with Gasteiger partial charge in [-0.05, 0) is 61.3 Å². The van der Waals surface area contributed by atoms with Crippen molar-refractivity contribution in [3.8, 4) is 17.6 Å². The Labute approximate surface area is 265 Å². The lowest BCUT2D eigenvalue weighted by Crippen LogP contribution is -2.20. The number of benzene rings is 3. The molecule has 0 spiro atoms. The van der Waals surface area contributed by atoms with Gasteiger partial charge in [0.05, 0.1) is 40.7 Å². The molecule has 3 aromatic carbocycles. The molecule has 230 valence electrons. The van der Waals surface area contributed by atoms with E-state index in [-0.39, 0.29) is 30.5 Å². The van der Waals surface area contributed by atoms with Crippen molar-refractivity contribution >= 4 is 45.5 Å². The second kappa shape index (κ2) is 13.9. The Bertz CT molecular complexity index is 1780. The van der Waals surface area contributed by atoms with Crippen LogP contribution in [0.15, 0.2) is 72.9 Å². The summed E-state index contributed by atoms with van der Waals surface area (Å²) in [6.45, 7) is 2.14. The number of aromatic nitrogens is 1. The average Bonchev–Trinajstić information content (AvgIpc) is 3.75. The molecule has 11 heteroatoms. The molecule has 2 fully saturated rings. The van der Waals surface area contributed by atoms with Crippen LogP contribution < -0.4 is 25.4 Å². The first-order valence-electron chi connectivity index (χ1n) is 14.7. The summed E-state index contributed by atoms with van der Waals surface area (Å²) in [4.78, 5) is 17.5. The van der Waals surface area contributed by atoms with E-state index in [0.29, 0.717) is 68.8 Å². The Balaban J connectivity index is 1.29. The monoisotopic (exact) mass is 627 g/mol. The zero-order chi connectivity index (χ0) is 31.2. The molecular weight excluding hydrogens is 597 g/mol. The van der Waals surface area contributed by atoms with E-state index in [0.717, 1.165) is 25.8 Å². The zero-order valence-corrected chi connectivity index (χ0v) is 25.1. The van der Waals surface area contributed by atoms with Gasteiger partial charge in [0.25, 0.3) is 0 Å². The molecule has 3 heterocycles. The van der Waals surface area contributed by atoms with Crippen LogP contribution >= 0.6 is 11.6 Å². The molecule has 1 unspecified atom stereocenters. The van der Waals surface area contributed by atoms with Gasteiger partial charge in [-0.3, -0.25) is 9.78 Å². The molecule has 0 aliphatic carbocycles. The number of amides is 1. The highest BCUT2D eigenvalue weighted by Crippen LogP contribution is 2.38. The summed E-state index contributed by atoms with van der Waals surface area (Å²) in [6.07, 6.45) is 7.51. The van der Waals surface area contributed by atoms with E-state index in [1.165, 1.54) is 24.4 Å². The highest BCUT2D eigenvalue weighted by molar-refractivity contribution is 6.32. The van der Waals surface area contributed by atoms with Crippen molar-refractivity contribution in [2.24, 2.45) is 0 Å². The Morgan fingerprint density at radius 2 is 2.11 bits per heavy atom. The number of hydrogen-bond acceptors (Lipinski definition) is 8. The fraction of sp³-hybridized carbons (Fsp3) is 0.265. The maximum absolute atomic E-state index is 13.5.